The van der Waals surface area contributed by atoms with E-state index in [1.54, 1.807) is 0 Å². The van der Waals surface area contributed by atoms with Crippen LogP contribution in [0.5, 0.6) is 0 Å². The Morgan fingerprint density at radius 3 is 1.60 bits per heavy atom. The van der Waals surface area contributed by atoms with Crippen molar-refractivity contribution in [2.45, 2.75) is 38.5 Å². The van der Waals surface area contributed by atoms with Crippen LogP contribution >= 0.6 is 0 Å². The molecule has 0 bridgehead atoms. The van der Waals surface area contributed by atoms with Gasteiger partial charge in [-0.25, -0.2) is 4.79 Å². The second-order valence-corrected chi connectivity index (χ2v) is 6.13. The summed E-state index contributed by atoms with van der Waals surface area (Å²) in [4.78, 5) is 18.3. The molecular formula is C15H30N4O. The molecule has 2 aliphatic heterocycles. The van der Waals surface area contributed by atoms with Crippen molar-refractivity contribution < 1.29 is 4.79 Å². The van der Waals surface area contributed by atoms with Crippen molar-refractivity contribution in [2.24, 2.45) is 5.73 Å². The average molecular weight is 282 g/mol. The van der Waals surface area contributed by atoms with E-state index in [1.807, 2.05) is 4.90 Å². The Labute approximate surface area is 123 Å². The summed E-state index contributed by atoms with van der Waals surface area (Å²) in [5.41, 5.74) is 5.48. The van der Waals surface area contributed by atoms with Gasteiger partial charge in [-0.3, -0.25) is 0 Å². The molecule has 5 heteroatoms. The van der Waals surface area contributed by atoms with Gasteiger partial charge in [-0.2, -0.15) is 0 Å². The Kier molecular flexibility index (Phi) is 6.60. The van der Waals surface area contributed by atoms with Crippen molar-refractivity contribution in [3.05, 3.63) is 0 Å². The molecule has 0 radical (unpaired) electrons. The number of hydrogen-bond donors (Lipinski definition) is 1. The van der Waals surface area contributed by atoms with Crippen molar-refractivity contribution in [2.75, 3.05) is 52.4 Å². The fourth-order valence-electron chi connectivity index (χ4n) is 3.32. The summed E-state index contributed by atoms with van der Waals surface area (Å²) in [6.45, 7) is 8.75. The first-order valence-corrected chi connectivity index (χ1v) is 8.25. The number of nitrogens with zero attached hydrogens (tertiary/aromatic N) is 3. The lowest BCUT2D eigenvalue weighted by molar-refractivity contribution is 0.198. The van der Waals surface area contributed by atoms with Crippen LogP contribution in [0, 0.1) is 0 Å². The highest BCUT2D eigenvalue weighted by Crippen LogP contribution is 2.09. The fraction of sp³-hybridized carbons (Fsp3) is 0.933. The predicted molar refractivity (Wildman–Crippen MR) is 81.7 cm³/mol. The number of carbonyl (C=O) groups is 1. The second kappa shape index (κ2) is 8.47. The van der Waals surface area contributed by atoms with Crippen LogP contribution in [0.3, 0.4) is 0 Å². The molecule has 0 spiro atoms. The number of urea groups is 1. The van der Waals surface area contributed by atoms with Gasteiger partial charge in [0.1, 0.15) is 0 Å². The first kappa shape index (κ1) is 15.6. The molecule has 0 aromatic heterocycles. The van der Waals surface area contributed by atoms with E-state index >= 15 is 0 Å². The van der Waals surface area contributed by atoms with E-state index in [0.29, 0.717) is 0 Å². The molecule has 2 saturated heterocycles. The number of amides is 2. The van der Waals surface area contributed by atoms with E-state index in [4.69, 9.17) is 5.73 Å². The molecule has 0 unspecified atom stereocenters. The summed E-state index contributed by atoms with van der Waals surface area (Å²) in [6, 6.07) is -0.257. The maximum atomic E-state index is 11.5. The summed E-state index contributed by atoms with van der Waals surface area (Å²) < 4.78 is 0. The number of primary amides is 1. The Hall–Kier alpha value is -0.810. The molecule has 2 aliphatic rings. The first-order chi connectivity index (χ1) is 9.75. The van der Waals surface area contributed by atoms with Gasteiger partial charge >= 0.3 is 6.03 Å². The van der Waals surface area contributed by atoms with E-state index in [2.05, 4.69) is 9.80 Å². The zero-order valence-electron chi connectivity index (χ0n) is 12.7. The Morgan fingerprint density at radius 1 is 0.850 bits per heavy atom. The minimum absolute atomic E-state index is 0.257. The highest BCUT2D eigenvalue weighted by molar-refractivity contribution is 5.71. The number of likely N-dealkylation sites (tertiary alicyclic amines) is 2. The van der Waals surface area contributed by atoms with Crippen molar-refractivity contribution >= 4 is 6.03 Å². The van der Waals surface area contributed by atoms with E-state index in [0.717, 1.165) is 39.0 Å². The normalized spacial score (nSPS) is 20.6. The quantitative estimate of drug-likeness (QED) is 0.731. The minimum Gasteiger partial charge on any atom is -0.351 e. The van der Waals surface area contributed by atoms with E-state index < -0.39 is 0 Å². The Balaban J connectivity index is 1.57. The molecule has 0 aromatic rings. The molecule has 0 aliphatic carbocycles. The van der Waals surface area contributed by atoms with Crippen LogP contribution in [0.25, 0.3) is 0 Å². The van der Waals surface area contributed by atoms with Gasteiger partial charge in [-0.05, 0) is 77.8 Å². The van der Waals surface area contributed by atoms with Crippen LogP contribution in [0.15, 0.2) is 0 Å². The first-order valence-electron chi connectivity index (χ1n) is 8.25. The van der Waals surface area contributed by atoms with Crippen molar-refractivity contribution in [3.63, 3.8) is 0 Å². The van der Waals surface area contributed by atoms with Gasteiger partial charge in [0.15, 0.2) is 0 Å². The van der Waals surface area contributed by atoms with Crippen molar-refractivity contribution in [1.29, 1.82) is 0 Å². The fourth-order valence-corrected chi connectivity index (χ4v) is 3.32. The third-order valence-electron chi connectivity index (χ3n) is 4.51. The summed E-state index contributed by atoms with van der Waals surface area (Å²) in [6.07, 6.45) is 7.41. The number of carbonyl (C=O) groups excluding carboxylic acids is 1. The molecule has 0 saturated carbocycles. The predicted octanol–water partition coefficient (Wildman–Crippen LogP) is 1.34. The summed E-state index contributed by atoms with van der Waals surface area (Å²) in [7, 11) is 0. The van der Waals surface area contributed by atoms with Crippen LogP contribution in [0.1, 0.15) is 38.5 Å². The van der Waals surface area contributed by atoms with Crippen LogP contribution in [-0.2, 0) is 0 Å². The van der Waals surface area contributed by atoms with Gasteiger partial charge in [0.05, 0.1) is 0 Å². The minimum atomic E-state index is -0.257. The Morgan fingerprint density at radius 2 is 1.25 bits per heavy atom. The molecular weight excluding hydrogens is 252 g/mol. The summed E-state index contributed by atoms with van der Waals surface area (Å²) >= 11 is 0. The molecule has 5 nitrogen and oxygen atoms in total. The zero-order chi connectivity index (χ0) is 14.2. The maximum Gasteiger partial charge on any atom is 0.314 e. The van der Waals surface area contributed by atoms with Gasteiger partial charge in [-0.15, -0.1) is 0 Å². The molecule has 2 amide bonds. The molecule has 0 atom stereocenters. The lowest BCUT2D eigenvalue weighted by Gasteiger charge is -2.23. The van der Waals surface area contributed by atoms with Gasteiger partial charge < -0.3 is 20.4 Å². The molecule has 2 rings (SSSR count). The van der Waals surface area contributed by atoms with Crippen LogP contribution < -0.4 is 5.73 Å². The van der Waals surface area contributed by atoms with Gasteiger partial charge in [-0.1, -0.05) is 0 Å². The smallest absolute Gasteiger partial charge is 0.314 e. The molecule has 2 N–H and O–H groups in total. The molecule has 2 heterocycles. The van der Waals surface area contributed by atoms with E-state index in [9.17, 15) is 4.79 Å². The number of nitrogens with two attached hydrogens (primary N) is 1. The zero-order valence-corrected chi connectivity index (χ0v) is 12.7. The highest BCUT2D eigenvalue weighted by atomic mass is 16.2. The maximum absolute atomic E-state index is 11.5. The lowest BCUT2D eigenvalue weighted by Crippen LogP contribution is -2.39. The summed E-state index contributed by atoms with van der Waals surface area (Å²) in [5.74, 6) is 0. The number of hydrogen-bond acceptors (Lipinski definition) is 3. The monoisotopic (exact) mass is 282 g/mol. The standard InChI is InChI=1S/C15H30N4O/c16-15(20)19(13-5-11-17-7-1-2-8-17)14-6-12-18-9-3-4-10-18/h1-14H2,(H2,16,20). The van der Waals surface area contributed by atoms with Crippen molar-refractivity contribution in [3.8, 4) is 0 Å². The van der Waals surface area contributed by atoms with Crippen LogP contribution in [0.4, 0.5) is 4.79 Å². The number of rotatable bonds is 8. The second-order valence-electron chi connectivity index (χ2n) is 6.13. The van der Waals surface area contributed by atoms with Crippen LogP contribution in [0.2, 0.25) is 0 Å². The highest BCUT2D eigenvalue weighted by Gasteiger charge is 2.15. The summed E-state index contributed by atoms with van der Waals surface area (Å²) in [5, 5.41) is 0. The Bertz CT molecular complexity index is 264. The van der Waals surface area contributed by atoms with Crippen LogP contribution in [-0.4, -0.2) is 73.1 Å². The molecule has 2 fully saturated rings. The van der Waals surface area contributed by atoms with E-state index in [1.165, 1.54) is 51.9 Å². The largest absolute Gasteiger partial charge is 0.351 e. The van der Waals surface area contributed by atoms with Gasteiger partial charge in [0, 0.05) is 13.1 Å². The lowest BCUT2D eigenvalue weighted by atomic mass is 10.3. The van der Waals surface area contributed by atoms with Crippen molar-refractivity contribution in [1.82, 2.24) is 14.7 Å². The average Bonchev–Trinajstić information content (AvgIpc) is 3.09. The third kappa shape index (κ3) is 5.29. The topological polar surface area (TPSA) is 52.8 Å². The molecule has 0 aromatic carbocycles. The SMILES string of the molecule is NC(=O)N(CCCN1CCCC1)CCCN1CCCC1. The molecule has 20 heavy (non-hydrogen) atoms. The third-order valence-corrected chi connectivity index (χ3v) is 4.51. The molecule has 116 valence electrons. The van der Waals surface area contributed by atoms with Gasteiger partial charge in [0.2, 0.25) is 0 Å². The van der Waals surface area contributed by atoms with E-state index in [-0.39, 0.29) is 6.03 Å². The van der Waals surface area contributed by atoms with Gasteiger partial charge in [0.25, 0.3) is 0 Å².